The van der Waals surface area contributed by atoms with E-state index in [1.54, 1.807) is 7.11 Å². The Labute approximate surface area is 157 Å². The molecule has 1 aromatic heterocycles. The molecule has 0 aromatic carbocycles. The molecule has 144 valence electrons. The van der Waals surface area contributed by atoms with Crippen molar-refractivity contribution in [3.05, 3.63) is 24.0 Å². The van der Waals surface area contributed by atoms with Gasteiger partial charge < -0.3 is 19.1 Å². The molecule has 4 rings (SSSR count). The molecule has 3 heterocycles. The number of rotatable bonds is 5. The minimum absolute atomic E-state index is 0.160. The predicted molar refractivity (Wildman–Crippen MR) is 102 cm³/mol. The van der Waals surface area contributed by atoms with Gasteiger partial charge in [-0.2, -0.15) is 0 Å². The smallest absolute Gasteiger partial charge is 0.270 e. The van der Waals surface area contributed by atoms with E-state index in [2.05, 4.69) is 9.80 Å². The van der Waals surface area contributed by atoms with Crippen LogP contribution in [0.15, 0.2) is 18.3 Å². The maximum absolute atomic E-state index is 13.1. The van der Waals surface area contributed by atoms with Crippen molar-refractivity contribution in [1.82, 2.24) is 14.4 Å². The largest absolute Gasteiger partial charge is 0.383 e. The van der Waals surface area contributed by atoms with Gasteiger partial charge in [0.15, 0.2) is 0 Å². The molecule has 1 spiro atoms. The molecule has 1 amide bonds. The lowest BCUT2D eigenvalue weighted by atomic mass is 9.76. The summed E-state index contributed by atoms with van der Waals surface area (Å²) in [5, 5.41) is 0. The number of piperidine rings is 1. The second-order valence-corrected chi connectivity index (χ2v) is 8.85. The third-order valence-electron chi connectivity index (χ3n) is 7.06. The molecule has 0 radical (unpaired) electrons. The Hall–Kier alpha value is -1.33. The van der Waals surface area contributed by atoms with E-state index in [0.29, 0.717) is 12.0 Å². The Morgan fingerprint density at radius 1 is 1.31 bits per heavy atom. The number of ether oxygens (including phenoxy) is 1. The van der Waals surface area contributed by atoms with Gasteiger partial charge in [-0.3, -0.25) is 4.79 Å². The zero-order valence-corrected chi connectivity index (χ0v) is 16.3. The van der Waals surface area contributed by atoms with Crippen molar-refractivity contribution in [2.24, 2.45) is 18.4 Å². The summed E-state index contributed by atoms with van der Waals surface area (Å²) in [5.74, 6) is 1.11. The van der Waals surface area contributed by atoms with Crippen LogP contribution in [0.4, 0.5) is 0 Å². The molecule has 1 aromatic rings. The van der Waals surface area contributed by atoms with Gasteiger partial charge in [0.1, 0.15) is 5.69 Å². The highest BCUT2D eigenvalue weighted by atomic mass is 16.5. The van der Waals surface area contributed by atoms with E-state index in [-0.39, 0.29) is 11.9 Å². The topological polar surface area (TPSA) is 37.7 Å². The Morgan fingerprint density at radius 3 is 2.65 bits per heavy atom. The van der Waals surface area contributed by atoms with Crippen LogP contribution in [-0.2, 0) is 11.8 Å². The maximum Gasteiger partial charge on any atom is 0.270 e. The number of aryl methyl sites for hydroxylation is 1. The third kappa shape index (κ3) is 3.44. The summed E-state index contributed by atoms with van der Waals surface area (Å²) < 4.78 is 7.40. The van der Waals surface area contributed by atoms with Crippen LogP contribution >= 0.6 is 0 Å². The quantitative estimate of drug-likeness (QED) is 0.811. The average Bonchev–Trinajstić information content (AvgIpc) is 3.17. The van der Waals surface area contributed by atoms with Crippen LogP contribution < -0.4 is 0 Å². The zero-order valence-electron chi connectivity index (χ0n) is 16.3. The van der Waals surface area contributed by atoms with Crippen LogP contribution in [-0.4, -0.2) is 66.2 Å². The summed E-state index contributed by atoms with van der Waals surface area (Å²) in [7, 11) is 3.70. The molecule has 3 fully saturated rings. The van der Waals surface area contributed by atoms with Crippen LogP contribution in [0.5, 0.6) is 0 Å². The van der Waals surface area contributed by atoms with E-state index >= 15 is 0 Å². The van der Waals surface area contributed by atoms with Crippen molar-refractivity contribution >= 4 is 5.91 Å². The van der Waals surface area contributed by atoms with Gasteiger partial charge in [-0.15, -0.1) is 0 Å². The number of likely N-dealkylation sites (tertiary alicyclic amines) is 2. The first-order valence-electron chi connectivity index (χ1n) is 10.2. The van der Waals surface area contributed by atoms with Gasteiger partial charge in [0.05, 0.1) is 12.6 Å². The highest BCUT2D eigenvalue weighted by Crippen LogP contribution is 2.44. The minimum atomic E-state index is 0.160. The molecule has 5 heteroatoms. The van der Waals surface area contributed by atoms with Crippen LogP contribution in [0.1, 0.15) is 49.0 Å². The Balaban J connectivity index is 1.42. The van der Waals surface area contributed by atoms with Crippen LogP contribution in [0.3, 0.4) is 0 Å². The number of carbonyl (C=O) groups excluding carboxylic acids is 1. The molecule has 5 nitrogen and oxygen atoms in total. The van der Waals surface area contributed by atoms with Gasteiger partial charge >= 0.3 is 0 Å². The fourth-order valence-electron chi connectivity index (χ4n) is 5.19. The number of carbonyl (C=O) groups is 1. The summed E-state index contributed by atoms with van der Waals surface area (Å²) in [4.78, 5) is 17.9. The zero-order chi connectivity index (χ0) is 18.1. The van der Waals surface area contributed by atoms with E-state index in [1.807, 2.05) is 29.9 Å². The van der Waals surface area contributed by atoms with Crippen molar-refractivity contribution in [3.63, 3.8) is 0 Å². The lowest BCUT2D eigenvalue weighted by molar-refractivity contribution is 0.0590. The monoisotopic (exact) mass is 359 g/mol. The number of hydrogen-bond acceptors (Lipinski definition) is 3. The van der Waals surface area contributed by atoms with E-state index in [4.69, 9.17) is 4.74 Å². The summed E-state index contributed by atoms with van der Waals surface area (Å²) in [6.45, 7) is 5.22. The summed E-state index contributed by atoms with van der Waals surface area (Å²) in [6.07, 6.45) is 9.76. The van der Waals surface area contributed by atoms with Crippen LogP contribution in [0, 0.1) is 11.3 Å². The average molecular weight is 360 g/mol. The van der Waals surface area contributed by atoms with Gasteiger partial charge in [0.2, 0.25) is 0 Å². The van der Waals surface area contributed by atoms with Crippen molar-refractivity contribution in [1.29, 1.82) is 0 Å². The molecule has 1 unspecified atom stereocenters. The van der Waals surface area contributed by atoms with E-state index in [0.717, 1.165) is 24.6 Å². The molecule has 2 saturated heterocycles. The second-order valence-electron chi connectivity index (χ2n) is 8.85. The first-order chi connectivity index (χ1) is 12.6. The van der Waals surface area contributed by atoms with Crippen LogP contribution in [0.2, 0.25) is 0 Å². The molecule has 26 heavy (non-hydrogen) atoms. The number of amides is 1. The summed E-state index contributed by atoms with van der Waals surface area (Å²) >= 11 is 0. The second kappa shape index (κ2) is 7.35. The fourth-order valence-corrected chi connectivity index (χ4v) is 5.19. The van der Waals surface area contributed by atoms with Crippen molar-refractivity contribution in [3.8, 4) is 0 Å². The van der Waals surface area contributed by atoms with Crippen molar-refractivity contribution < 1.29 is 9.53 Å². The molecule has 1 atom stereocenters. The molecular formula is C21H33N3O2. The lowest BCUT2D eigenvalue weighted by Crippen LogP contribution is -2.44. The molecular weight excluding hydrogens is 326 g/mol. The number of methoxy groups -OCH3 is 1. The molecule has 0 N–H and O–H groups in total. The molecule has 3 aliphatic rings. The van der Waals surface area contributed by atoms with E-state index < -0.39 is 0 Å². The molecule has 0 bridgehead atoms. The predicted octanol–water partition coefficient (Wildman–Crippen LogP) is 2.77. The third-order valence-corrected chi connectivity index (χ3v) is 7.06. The van der Waals surface area contributed by atoms with Crippen molar-refractivity contribution in [2.75, 3.05) is 39.9 Å². The summed E-state index contributed by atoms with van der Waals surface area (Å²) in [5.41, 5.74) is 1.07. The maximum atomic E-state index is 13.1. The Morgan fingerprint density at radius 2 is 2.08 bits per heavy atom. The van der Waals surface area contributed by atoms with Gasteiger partial charge in [0, 0.05) is 33.4 Å². The van der Waals surface area contributed by atoms with Gasteiger partial charge in [0.25, 0.3) is 5.91 Å². The number of hydrogen-bond donors (Lipinski definition) is 0. The highest BCUT2D eigenvalue weighted by molar-refractivity contribution is 5.93. The Bertz CT molecular complexity index is 629. The minimum Gasteiger partial charge on any atom is -0.383 e. The molecule has 1 aliphatic carbocycles. The molecule has 1 saturated carbocycles. The summed E-state index contributed by atoms with van der Waals surface area (Å²) in [6, 6.07) is 4.09. The number of nitrogens with zero attached hydrogens (tertiary/aromatic N) is 3. The van der Waals surface area contributed by atoms with E-state index in [9.17, 15) is 4.79 Å². The van der Waals surface area contributed by atoms with Gasteiger partial charge in [-0.25, -0.2) is 0 Å². The molecule has 2 aliphatic heterocycles. The Kier molecular flexibility index (Phi) is 5.11. The SMILES string of the molecule is COCC1CC2(CCN(CC3CCC3)CC2)CN1C(=O)c1cccn1C. The first-order valence-corrected chi connectivity index (χ1v) is 10.2. The van der Waals surface area contributed by atoms with Gasteiger partial charge in [-0.1, -0.05) is 6.42 Å². The van der Waals surface area contributed by atoms with E-state index in [1.165, 1.54) is 51.7 Å². The first kappa shape index (κ1) is 18.1. The normalized spacial score (nSPS) is 26.4. The standard InChI is InChI=1S/C21H33N3O2/c1-22-10-4-7-19(22)20(25)24-16-21(13-18(24)15-26-2)8-11-23(12-9-21)14-17-5-3-6-17/h4,7,10,17-18H,3,5-6,8-9,11-16H2,1-2H3. The van der Waals surface area contributed by atoms with Gasteiger partial charge in [-0.05, 0) is 68.7 Å². The van der Waals surface area contributed by atoms with Crippen molar-refractivity contribution in [2.45, 2.75) is 44.6 Å². The highest BCUT2D eigenvalue weighted by Gasteiger charge is 2.47. The number of aromatic nitrogens is 1. The fraction of sp³-hybridized carbons (Fsp3) is 0.762. The van der Waals surface area contributed by atoms with Crippen LogP contribution in [0.25, 0.3) is 0 Å². The lowest BCUT2D eigenvalue weighted by Gasteiger charge is -2.41.